The molecule has 2 atom stereocenters. The van der Waals surface area contributed by atoms with Crippen molar-refractivity contribution in [1.82, 2.24) is 25.1 Å². The fourth-order valence-corrected chi connectivity index (χ4v) is 4.13. The number of carbonyl (C=O) groups excluding carboxylic acids is 1. The van der Waals surface area contributed by atoms with Gasteiger partial charge in [-0.15, -0.1) is 0 Å². The lowest BCUT2D eigenvalue weighted by molar-refractivity contribution is 0.106. The summed E-state index contributed by atoms with van der Waals surface area (Å²) in [5.74, 6) is 2.16. The summed E-state index contributed by atoms with van der Waals surface area (Å²) in [6, 6.07) is 0.215. The average Bonchev–Trinajstić information content (AvgIpc) is 3.18. The SMILES string of the molecule is CN1CCN(C(=O)NC[C@H]2CCCS2)C[C@@H]1c1ncc[nH]1. The highest BCUT2D eigenvalue weighted by atomic mass is 32.2. The Morgan fingerprint density at radius 1 is 1.57 bits per heavy atom. The minimum atomic E-state index is 0.0622. The van der Waals surface area contributed by atoms with Crippen molar-refractivity contribution in [3.05, 3.63) is 18.2 Å². The standard InChI is InChI=1S/C14H23N5OS/c1-18-6-7-19(10-12(18)13-15-4-5-16-13)14(20)17-9-11-3-2-8-21-11/h4-5,11-12H,2-3,6-10H2,1H3,(H,15,16)(H,17,20)/t11-,12-/m1/s1. The lowest BCUT2D eigenvalue weighted by Crippen LogP contribution is -2.52. The Kier molecular flexibility index (Phi) is 4.70. The molecule has 6 nitrogen and oxygen atoms in total. The Balaban J connectivity index is 1.54. The number of hydrogen-bond donors (Lipinski definition) is 2. The number of piperazine rings is 1. The third kappa shape index (κ3) is 3.52. The molecule has 1 aromatic heterocycles. The van der Waals surface area contributed by atoms with Crippen molar-refractivity contribution in [3.63, 3.8) is 0 Å². The number of aromatic nitrogens is 2. The van der Waals surface area contributed by atoms with Crippen molar-refractivity contribution >= 4 is 17.8 Å². The van der Waals surface area contributed by atoms with Crippen molar-refractivity contribution in [2.45, 2.75) is 24.1 Å². The first-order valence-electron chi connectivity index (χ1n) is 7.58. The molecule has 0 bridgehead atoms. The van der Waals surface area contributed by atoms with E-state index in [0.29, 0.717) is 11.8 Å². The van der Waals surface area contributed by atoms with E-state index in [2.05, 4.69) is 27.2 Å². The van der Waals surface area contributed by atoms with Gasteiger partial charge in [-0.3, -0.25) is 4.90 Å². The number of carbonyl (C=O) groups is 1. The van der Waals surface area contributed by atoms with Crippen LogP contribution in [0.3, 0.4) is 0 Å². The highest BCUT2D eigenvalue weighted by Crippen LogP contribution is 2.25. The largest absolute Gasteiger partial charge is 0.347 e. The van der Waals surface area contributed by atoms with E-state index in [1.807, 2.05) is 22.9 Å². The van der Waals surface area contributed by atoms with Crippen LogP contribution in [0.4, 0.5) is 4.79 Å². The molecule has 2 amide bonds. The number of likely N-dealkylation sites (N-methyl/N-ethyl adjacent to an activating group) is 1. The number of nitrogens with zero attached hydrogens (tertiary/aromatic N) is 3. The topological polar surface area (TPSA) is 64.3 Å². The van der Waals surface area contributed by atoms with Gasteiger partial charge in [-0.2, -0.15) is 11.8 Å². The summed E-state index contributed by atoms with van der Waals surface area (Å²) in [4.78, 5) is 24.0. The van der Waals surface area contributed by atoms with E-state index in [1.165, 1.54) is 18.6 Å². The molecule has 0 aliphatic carbocycles. The van der Waals surface area contributed by atoms with Crippen LogP contribution in [-0.4, -0.2) is 70.0 Å². The summed E-state index contributed by atoms with van der Waals surface area (Å²) >= 11 is 1.97. The lowest BCUT2D eigenvalue weighted by atomic mass is 10.1. The number of imidazole rings is 1. The van der Waals surface area contributed by atoms with Crippen molar-refractivity contribution in [1.29, 1.82) is 0 Å². The molecular weight excluding hydrogens is 286 g/mol. The molecule has 2 saturated heterocycles. The van der Waals surface area contributed by atoms with Crippen LogP contribution in [0.5, 0.6) is 0 Å². The zero-order valence-corrected chi connectivity index (χ0v) is 13.2. The maximum atomic E-state index is 12.3. The highest BCUT2D eigenvalue weighted by Gasteiger charge is 2.30. The molecule has 3 rings (SSSR count). The fraction of sp³-hybridized carbons (Fsp3) is 0.714. The van der Waals surface area contributed by atoms with E-state index in [-0.39, 0.29) is 12.1 Å². The number of aromatic amines is 1. The fourth-order valence-electron chi connectivity index (χ4n) is 2.93. The van der Waals surface area contributed by atoms with E-state index in [9.17, 15) is 4.79 Å². The van der Waals surface area contributed by atoms with Crippen molar-refractivity contribution in [2.75, 3.05) is 39.0 Å². The summed E-state index contributed by atoms with van der Waals surface area (Å²) in [5.41, 5.74) is 0. The molecule has 1 aromatic rings. The summed E-state index contributed by atoms with van der Waals surface area (Å²) < 4.78 is 0. The first kappa shape index (κ1) is 14.7. The summed E-state index contributed by atoms with van der Waals surface area (Å²) in [5, 5.41) is 3.69. The zero-order chi connectivity index (χ0) is 14.7. The van der Waals surface area contributed by atoms with Crippen LogP contribution in [0.2, 0.25) is 0 Å². The van der Waals surface area contributed by atoms with Crippen LogP contribution >= 0.6 is 11.8 Å². The molecule has 0 saturated carbocycles. The zero-order valence-electron chi connectivity index (χ0n) is 12.4. The van der Waals surface area contributed by atoms with Gasteiger partial charge in [0, 0.05) is 43.8 Å². The number of hydrogen-bond acceptors (Lipinski definition) is 4. The lowest BCUT2D eigenvalue weighted by Gasteiger charge is -2.38. The van der Waals surface area contributed by atoms with Crippen molar-refractivity contribution in [3.8, 4) is 0 Å². The molecular formula is C14H23N5OS. The monoisotopic (exact) mass is 309 g/mol. The summed E-state index contributed by atoms with van der Waals surface area (Å²) in [6.45, 7) is 3.13. The first-order valence-corrected chi connectivity index (χ1v) is 8.63. The molecule has 2 aliphatic heterocycles. The van der Waals surface area contributed by atoms with Crippen LogP contribution < -0.4 is 5.32 Å². The Hall–Kier alpha value is -1.21. The minimum absolute atomic E-state index is 0.0622. The number of nitrogens with one attached hydrogen (secondary N) is 2. The van der Waals surface area contributed by atoms with Crippen LogP contribution in [-0.2, 0) is 0 Å². The van der Waals surface area contributed by atoms with Gasteiger partial charge >= 0.3 is 6.03 Å². The molecule has 0 spiro atoms. The Labute approximate surface area is 129 Å². The molecule has 0 radical (unpaired) electrons. The third-order valence-electron chi connectivity index (χ3n) is 4.28. The number of urea groups is 1. The smallest absolute Gasteiger partial charge is 0.317 e. The Morgan fingerprint density at radius 3 is 3.19 bits per heavy atom. The van der Waals surface area contributed by atoms with Gasteiger partial charge in [-0.25, -0.2) is 9.78 Å². The van der Waals surface area contributed by atoms with E-state index in [4.69, 9.17) is 0 Å². The van der Waals surface area contributed by atoms with Gasteiger partial charge in [0.1, 0.15) is 5.82 Å². The van der Waals surface area contributed by atoms with Gasteiger partial charge in [0.05, 0.1) is 6.04 Å². The predicted octanol–water partition coefficient (Wildman–Crippen LogP) is 1.30. The maximum absolute atomic E-state index is 12.3. The summed E-state index contributed by atoms with van der Waals surface area (Å²) in [6.07, 6.45) is 6.10. The number of H-pyrrole nitrogens is 1. The van der Waals surface area contributed by atoms with Crippen LogP contribution in [0.1, 0.15) is 24.7 Å². The van der Waals surface area contributed by atoms with Gasteiger partial charge in [-0.1, -0.05) is 0 Å². The molecule has 2 aliphatic rings. The first-order chi connectivity index (χ1) is 10.2. The summed E-state index contributed by atoms with van der Waals surface area (Å²) in [7, 11) is 2.08. The minimum Gasteiger partial charge on any atom is -0.347 e. The molecule has 21 heavy (non-hydrogen) atoms. The quantitative estimate of drug-likeness (QED) is 0.883. The van der Waals surface area contributed by atoms with Gasteiger partial charge in [0.2, 0.25) is 0 Å². The van der Waals surface area contributed by atoms with Crippen LogP contribution in [0.25, 0.3) is 0 Å². The average molecular weight is 309 g/mol. The van der Waals surface area contributed by atoms with E-state index in [1.54, 1.807) is 6.20 Å². The van der Waals surface area contributed by atoms with Crippen molar-refractivity contribution in [2.24, 2.45) is 0 Å². The number of thioether (sulfide) groups is 1. The number of rotatable bonds is 3. The van der Waals surface area contributed by atoms with Gasteiger partial charge in [0.25, 0.3) is 0 Å². The molecule has 0 aromatic carbocycles. The van der Waals surface area contributed by atoms with Gasteiger partial charge < -0.3 is 15.2 Å². The highest BCUT2D eigenvalue weighted by molar-refractivity contribution is 8.00. The molecule has 116 valence electrons. The van der Waals surface area contributed by atoms with E-state index < -0.39 is 0 Å². The second-order valence-corrected chi connectivity index (χ2v) is 7.15. The Bertz CT molecular complexity index is 460. The van der Waals surface area contributed by atoms with Gasteiger partial charge in [-0.05, 0) is 25.6 Å². The van der Waals surface area contributed by atoms with E-state index in [0.717, 1.165) is 25.5 Å². The van der Waals surface area contributed by atoms with Crippen molar-refractivity contribution < 1.29 is 4.79 Å². The molecule has 2 fully saturated rings. The van der Waals surface area contributed by atoms with E-state index >= 15 is 0 Å². The normalized spacial score (nSPS) is 27.0. The molecule has 3 heterocycles. The van der Waals surface area contributed by atoms with Crippen LogP contribution in [0, 0.1) is 0 Å². The second-order valence-electron chi connectivity index (χ2n) is 5.74. The van der Waals surface area contributed by atoms with Gasteiger partial charge in [0.15, 0.2) is 0 Å². The third-order valence-corrected chi connectivity index (χ3v) is 5.67. The molecule has 2 N–H and O–H groups in total. The molecule has 7 heteroatoms. The maximum Gasteiger partial charge on any atom is 0.317 e. The van der Waals surface area contributed by atoms with Crippen LogP contribution in [0.15, 0.2) is 12.4 Å². The Morgan fingerprint density at radius 2 is 2.48 bits per heavy atom. The molecule has 0 unspecified atom stereocenters. The number of amides is 2. The predicted molar refractivity (Wildman–Crippen MR) is 84.4 cm³/mol. The second kappa shape index (κ2) is 6.70.